The molecule has 0 bridgehead atoms. The zero-order valence-electron chi connectivity index (χ0n) is 9.91. The SMILES string of the molecule is Cc1cn([C@@H]2C[C@H](CO)C(O)C2O)c(=O)[nH]c1=O. The quantitative estimate of drug-likeness (QED) is 0.494. The smallest absolute Gasteiger partial charge is 0.328 e. The minimum absolute atomic E-state index is 0.258. The van der Waals surface area contributed by atoms with E-state index in [0.717, 1.165) is 0 Å². The monoisotopic (exact) mass is 256 g/mol. The zero-order chi connectivity index (χ0) is 13.4. The molecular formula is C11H16N2O5. The van der Waals surface area contributed by atoms with Gasteiger partial charge in [0, 0.05) is 24.3 Å². The fourth-order valence-electron chi connectivity index (χ4n) is 2.39. The molecule has 7 heteroatoms. The van der Waals surface area contributed by atoms with Gasteiger partial charge in [0.2, 0.25) is 0 Å². The summed E-state index contributed by atoms with van der Waals surface area (Å²) >= 11 is 0. The Labute approximate surface area is 102 Å². The Balaban J connectivity index is 2.42. The van der Waals surface area contributed by atoms with E-state index in [-0.39, 0.29) is 13.0 Å². The molecule has 0 amide bonds. The summed E-state index contributed by atoms with van der Waals surface area (Å²) in [5.74, 6) is -0.468. The molecule has 0 saturated heterocycles. The Bertz CT molecular complexity index is 549. The summed E-state index contributed by atoms with van der Waals surface area (Å²) in [6, 6.07) is -0.639. The minimum Gasteiger partial charge on any atom is -0.396 e. The molecule has 1 aliphatic carbocycles. The van der Waals surface area contributed by atoms with Gasteiger partial charge in [0.05, 0.1) is 12.1 Å². The summed E-state index contributed by atoms with van der Waals surface area (Å²) in [5, 5.41) is 28.7. The maximum atomic E-state index is 11.7. The highest BCUT2D eigenvalue weighted by atomic mass is 16.3. The number of aliphatic hydroxyl groups is 3. The Morgan fingerprint density at radius 3 is 2.61 bits per heavy atom. The first kappa shape index (κ1) is 13.0. The van der Waals surface area contributed by atoms with Crippen molar-refractivity contribution in [3.63, 3.8) is 0 Å². The van der Waals surface area contributed by atoms with E-state index < -0.39 is 35.4 Å². The summed E-state index contributed by atoms with van der Waals surface area (Å²) in [6.45, 7) is 1.29. The van der Waals surface area contributed by atoms with E-state index in [1.54, 1.807) is 6.92 Å². The van der Waals surface area contributed by atoms with Gasteiger partial charge in [0.25, 0.3) is 5.56 Å². The van der Waals surface area contributed by atoms with Gasteiger partial charge in [-0.2, -0.15) is 0 Å². The lowest BCUT2D eigenvalue weighted by atomic mass is 10.1. The molecule has 4 N–H and O–H groups in total. The van der Waals surface area contributed by atoms with E-state index in [4.69, 9.17) is 5.11 Å². The summed E-state index contributed by atoms with van der Waals surface area (Å²) in [6.07, 6.45) is -0.560. The second-order valence-corrected chi connectivity index (χ2v) is 4.71. The van der Waals surface area contributed by atoms with Crippen molar-refractivity contribution >= 4 is 0 Å². The molecule has 0 aliphatic heterocycles. The number of H-pyrrole nitrogens is 1. The molecule has 1 fully saturated rings. The number of aryl methyl sites for hydroxylation is 1. The molecule has 18 heavy (non-hydrogen) atoms. The van der Waals surface area contributed by atoms with Crippen LogP contribution in [0.1, 0.15) is 18.0 Å². The topological polar surface area (TPSA) is 116 Å². The third-order valence-corrected chi connectivity index (χ3v) is 3.51. The molecule has 1 heterocycles. The van der Waals surface area contributed by atoms with Crippen molar-refractivity contribution in [3.05, 3.63) is 32.6 Å². The summed E-state index contributed by atoms with van der Waals surface area (Å²) in [4.78, 5) is 25.1. The van der Waals surface area contributed by atoms with Crippen LogP contribution in [0.3, 0.4) is 0 Å². The molecule has 7 nitrogen and oxygen atoms in total. The van der Waals surface area contributed by atoms with Gasteiger partial charge in [-0.3, -0.25) is 14.3 Å². The fourth-order valence-corrected chi connectivity index (χ4v) is 2.39. The number of aromatic nitrogens is 2. The highest BCUT2D eigenvalue weighted by Gasteiger charge is 2.42. The Hall–Kier alpha value is -1.44. The average Bonchev–Trinajstić information content (AvgIpc) is 2.61. The Morgan fingerprint density at radius 1 is 1.39 bits per heavy atom. The molecule has 0 radical (unpaired) electrons. The standard InChI is InChI=1S/C11H16N2O5/c1-5-3-13(11(18)12-10(5)17)7-2-6(4-14)8(15)9(7)16/h3,6-9,14-16H,2,4H2,1H3,(H,12,17,18)/t6-,7-,8?,9?/m1/s1. The van der Waals surface area contributed by atoms with E-state index in [2.05, 4.69) is 4.98 Å². The van der Waals surface area contributed by atoms with Gasteiger partial charge < -0.3 is 15.3 Å². The molecule has 1 aromatic rings. The summed E-state index contributed by atoms with van der Waals surface area (Å²) in [7, 11) is 0. The first-order valence-corrected chi connectivity index (χ1v) is 5.74. The van der Waals surface area contributed by atoms with E-state index in [1.807, 2.05) is 0 Å². The lowest BCUT2D eigenvalue weighted by molar-refractivity contribution is -0.00457. The lowest BCUT2D eigenvalue weighted by Gasteiger charge is -2.18. The molecular weight excluding hydrogens is 240 g/mol. The maximum absolute atomic E-state index is 11.7. The van der Waals surface area contributed by atoms with E-state index in [1.165, 1.54) is 10.8 Å². The van der Waals surface area contributed by atoms with Crippen LogP contribution in [0, 0.1) is 12.8 Å². The van der Waals surface area contributed by atoms with Crippen LogP contribution in [-0.2, 0) is 0 Å². The van der Waals surface area contributed by atoms with Gasteiger partial charge >= 0.3 is 5.69 Å². The predicted molar refractivity (Wildman–Crippen MR) is 62.3 cm³/mol. The van der Waals surface area contributed by atoms with Crippen LogP contribution in [0.25, 0.3) is 0 Å². The van der Waals surface area contributed by atoms with Crippen molar-refractivity contribution in [2.75, 3.05) is 6.61 Å². The molecule has 1 saturated carbocycles. The second kappa shape index (κ2) is 4.68. The Morgan fingerprint density at radius 2 is 2.06 bits per heavy atom. The Kier molecular flexibility index (Phi) is 3.38. The number of nitrogens with zero attached hydrogens (tertiary/aromatic N) is 1. The molecule has 100 valence electrons. The number of hydrogen-bond donors (Lipinski definition) is 4. The minimum atomic E-state index is -1.13. The summed E-state index contributed by atoms with van der Waals surface area (Å²) < 4.78 is 1.21. The van der Waals surface area contributed by atoms with Gasteiger partial charge in [-0.05, 0) is 13.3 Å². The van der Waals surface area contributed by atoms with Crippen LogP contribution in [0.5, 0.6) is 0 Å². The third-order valence-electron chi connectivity index (χ3n) is 3.51. The highest BCUT2D eigenvalue weighted by molar-refractivity contribution is 5.04. The first-order chi connectivity index (χ1) is 8.45. The van der Waals surface area contributed by atoms with Crippen molar-refractivity contribution in [3.8, 4) is 0 Å². The van der Waals surface area contributed by atoms with E-state index in [9.17, 15) is 19.8 Å². The number of hydrogen-bond acceptors (Lipinski definition) is 5. The van der Waals surface area contributed by atoms with E-state index in [0.29, 0.717) is 5.56 Å². The molecule has 0 aromatic carbocycles. The summed E-state index contributed by atoms with van der Waals surface area (Å²) in [5.41, 5.74) is -0.743. The number of aliphatic hydroxyl groups excluding tert-OH is 3. The third kappa shape index (κ3) is 2.00. The van der Waals surface area contributed by atoms with Crippen LogP contribution < -0.4 is 11.2 Å². The van der Waals surface area contributed by atoms with Crippen LogP contribution in [-0.4, -0.2) is 43.7 Å². The van der Waals surface area contributed by atoms with Crippen molar-refractivity contribution in [2.24, 2.45) is 5.92 Å². The first-order valence-electron chi connectivity index (χ1n) is 5.74. The van der Waals surface area contributed by atoms with Crippen molar-refractivity contribution in [2.45, 2.75) is 31.6 Å². The zero-order valence-corrected chi connectivity index (χ0v) is 9.91. The van der Waals surface area contributed by atoms with Gasteiger partial charge in [-0.25, -0.2) is 4.79 Å². The van der Waals surface area contributed by atoms with Crippen molar-refractivity contribution in [1.29, 1.82) is 0 Å². The van der Waals surface area contributed by atoms with Gasteiger partial charge in [-0.15, -0.1) is 0 Å². The molecule has 2 unspecified atom stereocenters. The molecule has 2 rings (SSSR count). The largest absolute Gasteiger partial charge is 0.396 e. The predicted octanol–water partition coefficient (Wildman–Crippen LogP) is -1.88. The van der Waals surface area contributed by atoms with Crippen LogP contribution in [0.4, 0.5) is 0 Å². The van der Waals surface area contributed by atoms with Gasteiger partial charge in [-0.1, -0.05) is 0 Å². The van der Waals surface area contributed by atoms with Crippen LogP contribution >= 0.6 is 0 Å². The number of rotatable bonds is 2. The molecule has 0 spiro atoms. The van der Waals surface area contributed by atoms with Gasteiger partial charge in [0.15, 0.2) is 0 Å². The highest BCUT2D eigenvalue weighted by Crippen LogP contribution is 2.34. The van der Waals surface area contributed by atoms with Crippen LogP contribution in [0.15, 0.2) is 15.8 Å². The molecule has 4 atom stereocenters. The molecule has 1 aromatic heterocycles. The fraction of sp³-hybridized carbons (Fsp3) is 0.636. The molecule has 1 aliphatic rings. The average molecular weight is 256 g/mol. The van der Waals surface area contributed by atoms with Crippen molar-refractivity contribution < 1.29 is 15.3 Å². The normalized spacial score (nSPS) is 31.8. The number of nitrogens with one attached hydrogen (secondary N) is 1. The maximum Gasteiger partial charge on any atom is 0.328 e. The number of aromatic amines is 1. The van der Waals surface area contributed by atoms with Crippen molar-refractivity contribution in [1.82, 2.24) is 9.55 Å². The lowest BCUT2D eigenvalue weighted by Crippen LogP contribution is -2.38. The van der Waals surface area contributed by atoms with Gasteiger partial charge in [0.1, 0.15) is 6.10 Å². The second-order valence-electron chi connectivity index (χ2n) is 4.71. The van der Waals surface area contributed by atoms with E-state index >= 15 is 0 Å². The van der Waals surface area contributed by atoms with Crippen LogP contribution in [0.2, 0.25) is 0 Å².